The van der Waals surface area contributed by atoms with Gasteiger partial charge in [0.1, 0.15) is 6.54 Å². The van der Waals surface area contributed by atoms with Gasteiger partial charge in [-0.05, 0) is 43.5 Å². The van der Waals surface area contributed by atoms with Crippen LogP contribution in [0.5, 0.6) is 0 Å². The van der Waals surface area contributed by atoms with Crippen LogP contribution >= 0.6 is 0 Å². The number of sulfonamides is 1. The van der Waals surface area contributed by atoms with Crippen LogP contribution in [0.15, 0.2) is 41.3 Å². The largest absolute Gasteiger partial charge is 0.349 e. The van der Waals surface area contributed by atoms with Crippen molar-refractivity contribution < 1.29 is 21.6 Å². The Morgan fingerprint density at radius 2 is 1.70 bits per heavy atom. The van der Waals surface area contributed by atoms with Crippen molar-refractivity contribution in [2.45, 2.75) is 29.8 Å². The Balaban J connectivity index is 1.39. The molecule has 2 aromatic carbocycles. The Labute approximate surface area is 175 Å². The van der Waals surface area contributed by atoms with Gasteiger partial charge in [0.15, 0.2) is 9.84 Å². The Bertz CT molecular complexity index is 1230. The summed E-state index contributed by atoms with van der Waals surface area (Å²) < 4.78 is 51.7. The summed E-state index contributed by atoms with van der Waals surface area (Å²) in [5.41, 5.74) is 0.480. The van der Waals surface area contributed by atoms with Gasteiger partial charge in [0.05, 0.1) is 28.1 Å². The summed E-state index contributed by atoms with van der Waals surface area (Å²) in [5.74, 6) is -0.567. The van der Waals surface area contributed by atoms with Gasteiger partial charge in [-0.25, -0.2) is 16.8 Å². The fourth-order valence-corrected chi connectivity index (χ4v) is 8.53. The lowest BCUT2D eigenvalue weighted by Gasteiger charge is -2.29. The molecule has 5 rings (SSSR count). The number of sulfone groups is 1. The van der Waals surface area contributed by atoms with Crippen molar-refractivity contribution in [3.63, 3.8) is 0 Å². The highest BCUT2D eigenvalue weighted by molar-refractivity contribution is 7.93. The van der Waals surface area contributed by atoms with Gasteiger partial charge in [0.2, 0.25) is 5.91 Å². The second-order valence-corrected chi connectivity index (χ2v) is 12.2. The van der Waals surface area contributed by atoms with Gasteiger partial charge in [-0.2, -0.15) is 0 Å². The van der Waals surface area contributed by atoms with Crippen LogP contribution in [0.3, 0.4) is 0 Å². The van der Waals surface area contributed by atoms with Crippen molar-refractivity contribution in [3.05, 3.63) is 36.4 Å². The van der Waals surface area contributed by atoms with E-state index < -0.39 is 31.8 Å². The Hall–Kier alpha value is -2.17. The lowest BCUT2D eigenvalue weighted by atomic mass is 10.1. The third-order valence-electron chi connectivity index (χ3n) is 6.25. The second-order valence-electron chi connectivity index (χ2n) is 8.20. The van der Waals surface area contributed by atoms with Crippen molar-refractivity contribution in [1.29, 1.82) is 0 Å². The molecule has 3 heterocycles. The molecule has 2 unspecified atom stereocenters. The number of benzene rings is 2. The third kappa shape index (κ3) is 3.17. The number of rotatable bonds is 4. The molecule has 0 spiro atoms. The van der Waals surface area contributed by atoms with E-state index in [0.29, 0.717) is 11.1 Å². The van der Waals surface area contributed by atoms with Gasteiger partial charge < -0.3 is 5.32 Å². The first-order valence-corrected chi connectivity index (χ1v) is 13.3. The average Bonchev–Trinajstić information content (AvgIpc) is 3.36. The molecule has 2 atom stereocenters. The number of likely N-dealkylation sites (tertiary alicyclic amines) is 1. The topological polar surface area (TPSA) is 104 Å². The maximum absolute atomic E-state index is 13.1. The molecule has 0 saturated carbocycles. The highest BCUT2D eigenvalue weighted by Crippen LogP contribution is 2.41. The Kier molecular flexibility index (Phi) is 4.57. The normalized spacial score (nSPS) is 27.0. The van der Waals surface area contributed by atoms with Crippen LogP contribution in [0.1, 0.15) is 12.8 Å². The van der Waals surface area contributed by atoms with Crippen molar-refractivity contribution in [1.82, 2.24) is 10.2 Å². The Morgan fingerprint density at radius 1 is 1.00 bits per heavy atom. The summed E-state index contributed by atoms with van der Waals surface area (Å²) in [6, 6.07) is 9.59. The fraction of sp³-hybridized carbons (Fsp3) is 0.450. The fourth-order valence-electron chi connectivity index (χ4n) is 4.91. The van der Waals surface area contributed by atoms with Crippen LogP contribution in [0.4, 0.5) is 5.69 Å². The van der Waals surface area contributed by atoms with Crippen LogP contribution in [0.2, 0.25) is 0 Å². The van der Waals surface area contributed by atoms with Gasteiger partial charge in [0, 0.05) is 11.4 Å². The number of carbonyl (C=O) groups excluding carboxylic acids is 1. The molecular formula is C20H23N3O5S2. The predicted octanol–water partition coefficient (Wildman–Crippen LogP) is 0.726. The van der Waals surface area contributed by atoms with E-state index in [1.165, 1.54) is 0 Å². The third-order valence-corrected chi connectivity index (χ3v) is 9.77. The van der Waals surface area contributed by atoms with E-state index in [0.717, 1.165) is 35.6 Å². The van der Waals surface area contributed by atoms with Crippen LogP contribution in [-0.2, 0) is 24.7 Å². The van der Waals surface area contributed by atoms with Crippen molar-refractivity contribution in [3.8, 4) is 0 Å². The molecule has 3 aliphatic rings. The summed E-state index contributed by atoms with van der Waals surface area (Å²) in [4.78, 5) is 15.2. The quantitative estimate of drug-likeness (QED) is 0.738. The van der Waals surface area contributed by atoms with Crippen molar-refractivity contribution in [2.75, 3.05) is 35.4 Å². The summed E-state index contributed by atoms with van der Waals surface area (Å²) in [7, 11) is -7.08. The summed E-state index contributed by atoms with van der Waals surface area (Å²) in [6.45, 7) is 1.27. The zero-order chi connectivity index (χ0) is 21.1. The molecule has 0 radical (unpaired) electrons. The van der Waals surface area contributed by atoms with E-state index in [-0.39, 0.29) is 29.0 Å². The zero-order valence-electron chi connectivity index (χ0n) is 16.3. The second kappa shape index (κ2) is 6.93. The lowest BCUT2D eigenvalue weighted by Crippen LogP contribution is -2.52. The number of hydrogen-bond acceptors (Lipinski definition) is 6. The van der Waals surface area contributed by atoms with Crippen LogP contribution in [-0.4, -0.2) is 70.9 Å². The number of hydrogen-bond donors (Lipinski definition) is 1. The molecule has 0 aromatic heterocycles. The highest BCUT2D eigenvalue weighted by atomic mass is 32.2. The molecule has 0 bridgehead atoms. The van der Waals surface area contributed by atoms with Gasteiger partial charge >= 0.3 is 0 Å². The minimum Gasteiger partial charge on any atom is -0.349 e. The monoisotopic (exact) mass is 449 g/mol. The SMILES string of the molecule is O=C(CN1c2cccc3cccc(c23)S1(=O)=O)NC1CS(=O)(=O)CC1N1CCCC1. The van der Waals surface area contributed by atoms with Crippen molar-refractivity contribution in [2.24, 2.45) is 0 Å². The van der Waals surface area contributed by atoms with Gasteiger partial charge in [-0.1, -0.05) is 24.3 Å². The molecule has 1 amide bonds. The number of carbonyl (C=O) groups is 1. The average molecular weight is 450 g/mol. The van der Waals surface area contributed by atoms with E-state index in [9.17, 15) is 21.6 Å². The summed E-state index contributed by atoms with van der Waals surface area (Å²) in [5, 5.41) is 4.23. The number of anilines is 1. The van der Waals surface area contributed by atoms with Crippen LogP contribution in [0.25, 0.3) is 10.8 Å². The number of amides is 1. The molecule has 2 aromatic rings. The minimum atomic E-state index is -3.84. The molecule has 0 aliphatic carbocycles. The molecule has 3 aliphatic heterocycles. The molecule has 2 fully saturated rings. The molecule has 30 heavy (non-hydrogen) atoms. The Morgan fingerprint density at radius 3 is 2.43 bits per heavy atom. The van der Waals surface area contributed by atoms with Crippen LogP contribution in [0, 0.1) is 0 Å². The molecular weight excluding hydrogens is 426 g/mol. The van der Waals surface area contributed by atoms with E-state index in [1.807, 2.05) is 12.1 Å². The summed E-state index contributed by atoms with van der Waals surface area (Å²) in [6.07, 6.45) is 2.04. The van der Waals surface area contributed by atoms with Gasteiger partial charge in [-0.15, -0.1) is 0 Å². The standard InChI is InChI=1S/C20H23N3O5S2/c24-19(21-15-12-29(25,26)13-17(15)22-9-1-2-10-22)11-23-16-7-3-5-14-6-4-8-18(20(14)16)30(23,27)28/h3-8,15,17H,1-2,9-13H2,(H,21,24). The van der Waals surface area contributed by atoms with Crippen molar-refractivity contribution >= 4 is 42.2 Å². The number of nitrogens with one attached hydrogen (secondary N) is 1. The first kappa shape index (κ1) is 19.8. The maximum Gasteiger partial charge on any atom is 0.265 e. The molecule has 8 nitrogen and oxygen atoms in total. The van der Waals surface area contributed by atoms with E-state index in [1.54, 1.807) is 24.3 Å². The first-order valence-electron chi connectivity index (χ1n) is 10.0. The van der Waals surface area contributed by atoms with Gasteiger partial charge in [0.25, 0.3) is 10.0 Å². The minimum absolute atomic E-state index is 0.0324. The van der Waals surface area contributed by atoms with E-state index in [2.05, 4.69) is 10.2 Å². The lowest BCUT2D eigenvalue weighted by molar-refractivity contribution is -0.120. The van der Waals surface area contributed by atoms with Crippen LogP contribution < -0.4 is 9.62 Å². The zero-order valence-corrected chi connectivity index (χ0v) is 18.0. The van der Waals surface area contributed by atoms with E-state index >= 15 is 0 Å². The molecule has 2 saturated heterocycles. The molecule has 160 valence electrons. The maximum atomic E-state index is 13.1. The molecule has 1 N–H and O–H groups in total. The predicted molar refractivity (Wildman–Crippen MR) is 114 cm³/mol. The smallest absolute Gasteiger partial charge is 0.265 e. The van der Waals surface area contributed by atoms with E-state index in [4.69, 9.17) is 0 Å². The molecule has 10 heteroatoms. The first-order chi connectivity index (χ1) is 14.3. The summed E-state index contributed by atoms with van der Waals surface area (Å²) >= 11 is 0. The van der Waals surface area contributed by atoms with Gasteiger partial charge in [-0.3, -0.25) is 14.0 Å². The number of nitrogens with zero attached hydrogens (tertiary/aromatic N) is 2. The highest BCUT2D eigenvalue weighted by Gasteiger charge is 2.43.